The molecular formula is C27H35N5. The number of pyridine rings is 1. The van der Waals surface area contributed by atoms with E-state index in [0.717, 1.165) is 24.4 Å². The monoisotopic (exact) mass is 429 g/mol. The van der Waals surface area contributed by atoms with Gasteiger partial charge in [0.2, 0.25) is 0 Å². The molecule has 1 saturated heterocycles. The number of aryl methyl sites for hydroxylation is 1. The molecule has 0 radical (unpaired) electrons. The Hall–Kier alpha value is -2.63. The van der Waals surface area contributed by atoms with Crippen molar-refractivity contribution in [2.75, 3.05) is 33.2 Å². The van der Waals surface area contributed by atoms with Crippen molar-refractivity contribution in [1.82, 2.24) is 24.6 Å². The first-order valence-corrected chi connectivity index (χ1v) is 12.0. The number of fused-ring (bicyclic) bond motifs is 2. The molecule has 0 unspecified atom stereocenters. The van der Waals surface area contributed by atoms with E-state index in [4.69, 9.17) is 0 Å². The van der Waals surface area contributed by atoms with E-state index in [-0.39, 0.29) is 0 Å². The predicted octanol–water partition coefficient (Wildman–Crippen LogP) is 5.31. The lowest BCUT2D eigenvalue weighted by molar-refractivity contribution is 0.214. The van der Waals surface area contributed by atoms with Gasteiger partial charge >= 0.3 is 0 Å². The van der Waals surface area contributed by atoms with Crippen molar-refractivity contribution in [3.8, 4) is 11.3 Å². The second-order valence-corrected chi connectivity index (χ2v) is 9.66. The molecule has 0 amide bonds. The maximum Gasteiger partial charge on any atom is 0.136 e. The highest BCUT2D eigenvalue weighted by Crippen LogP contribution is 2.38. The maximum atomic E-state index is 4.58. The molecule has 0 aliphatic carbocycles. The van der Waals surface area contributed by atoms with Crippen LogP contribution in [0.5, 0.6) is 0 Å². The SMILES string of the molecule is CNCCN1CCC(c2ccc3[nH]c(-c4ccc5nc(C)cn5c4)c(C(C)C)c3c2)CC1. The number of piperidine rings is 1. The minimum absolute atomic E-state index is 0.442. The van der Waals surface area contributed by atoms with Gasteiger partial charge in [-0.1, -0.05) is 19.9 Å². The molecular weight excluding hydrogens is 394 g/mol. The van der Waals surface area contributed by atoms with Crippen molar-refractivity contribution < 1.29 is 0 Å². The zero-order valence-electron chi connectivity index (χ0n) is 19.8. The highest BCUT2D eigenvalue weighted by atomic mass is 15.1. The highest BCUT2D eigenvalue weighted by molar-refractivity contribution is 5.92. The molecule has 1 aliphatic heterocycles. The summed E-state index contributed by atoms with van der Waals surface area (Å²) in [6, 6.07) is 11.4. The van der Waals surface area contributed by atoms with Gasteiger partial charge in [0.1, 0.15) is 5.65 Å². The van der Waals surface area contributed by atoms with Crippen LogP contribution in [-0.4, -0.2) is 52.5 Å². The van der Waals surface area contributed by atoms with Crippen molar-refractivity contribution in [2.45, 2.75) is 45.4 Å². The predicted molar refractivity (Wildman–Crippen MR) is 134 cm³/mol. The Bertz CT molecular complexity index is 1220. The third kappa shape index (κ3) is 3.96. The summed E-state index contributed by atoms with van der Waals surface area (Å²) in [7, 11) is 2.04. The summed E-state index contributed by atoms with van der Waals surface area (Å²) in [6.45, 7) is 11.3. The number of H-pyrrole nitrogens is 1. The van der Waals surface area contributed by atoms with Crippen molar-refractivity contribution in [2.24, 2.45) is 0 Å². The maximum absolute atomic E-state index is 4.58. The van der Waals surface area contributed by atoms with E-state index in [1.165, 1.54) is 59.2 Å². The van der Waals surface area contributed by atoms with Crippen LogP contribution in [0.25, 0.3) is 27.8 Å². The number of imidazole rings is 1. The fourth-order valence-electron chi connectivity index (χ4n) is 5.34. The average Bonchev–Trinajstić information content (AvgIpc) is 3.36. The van der Waals surface area contributed by atoms with Crippen molar-refractivity contribution in [3.63, 3.8) is 0 Å². The van der Waals surface area contributed by atoms with Crippen LogP contribution in [0.4, 0.5) is 0 Å². The Balaban J connectivity index is 1.49. The van der Waals surface area contributed by atoms with Crippen LogP contribution >= 0.6 is 0 Å². The Morgan fingerprint density at radius 2 is 1.94 bits per heavy atom. The Labute approximate surface area is 190 Å². The number of rotatable bonds is 6. The van der Waals surface area contributed by atoms with Crippen molar-refractivity contribution in [3.05, 3.63) is 59.5 Å². The van der Waals surface area contributed by atoms with Crippen molar-refractivity contribution >= 4 is 16.6 Å². The zero-order chi connectivity index (χ0) is 22.2. The largest absolute Gasteiger partial charge is 0.354 e. The van der Waals surface area contributed by atoms with Crippen LogP contribution in [0.15, 0.2) is 42.7 Å². The van der Waals surface area contributed by atoms with Gasteiger partial charge in [-0.3, -0.25) is 0 Å². The number of nitrogens with one attached hydrogen (secondary N) is 2. The number of benzene rings is 1. The lowest BCUT2D eigenvalue weighted by Crippen LogP contribution is -2.37. The number of hydrogen-bond donors (Lipinski definition) is 2. The van der Waals surface area contributed by atoms with Crippen LogP contribution in [-0.2, 0) is 0 Å². The molecule has 4 aromatic rings. The fraction of sp³-hybridized carbons (Fsp3) is 0.444. The molecule has 0 spiro atoms. The smallest absolute Gasteiger partial charge is 0.136 e. The van der Waals surface area contributed by atoms with E-state index in [1.807, 2.05) is 14.0 Å². The summed E-state index contributed by atoms with van der Waals surface area (Å²) in [6.07, 6.45) is 6.80. The van der Waals surface area contributed by atoms with Gasteiger partial charge in [-0.25, -0.2) is 4.98 Å². The van der Waals surface area contributed by atoms with E-state index >= 15 is 0 Å². The summed E-state index contributed by atoms with van der Waals surface area (Å²) in [5.74, 6) is 1.10. The molecule has 168 valence electrons. The van der Waals surface area contributed by atoms with E-state index in [1.54, 1.807) is 0 Å². The molecule has 4 heterocycles. The van der Waals surface area contributed by atoms with Crippen LogP contribution in [0, 0.1) is 6.92 Å². The minimum Gasteiger partial charge on any atom is -0.354 e. The van der Waals surface area contributed by atoms with Crippen LogP contribution in [0.1, 0.15) is 55.3 Å². The minimum atomic E-state index is 0.442. The number of likely N-dealkylation sites (tertiary alicyclic amines) is 1. The Morgan fingerprint density at radius 3 is 2.69 bits per heavy atom. The first-order valence-electron chi connectivity index (χ1n) is 12.0. The molecule has 0 atom stereocenters. The molecule has 5 rings (SSSR count). The fourth-order valence-corrected chi connectivity index (χ4v) is 5.34. The highest BCUT2D eigenvalue weighted by Gasteiger charge is 2.22. The summed E-state index contributed by atoms with van der Waals surface area (Å²) >= 11 is 0. The zero-order valence-corrected chi connectivity index (χ0v) is 19.8. The Morgan fingerprint density at radius 1 is 1.12 bits per heavy atom. The number of hydrogen-bond acceptors (Lipinski definition) is 3. The average molecular weight is 430 g/mol. The van der Waals surface area contributed by atoms with E-state index in [9.17, 15) is 0 Å². The summed E-state index contributed by atoms with van der Waals surface area (Å²) < 4.78 is 2.13. The molecule has 1 aromatic carbocycles. The standard InChI is InChI=1S/C27H35N5/c1-18(2)26-23-15-21(20-9-12-31(13-10-20)14-11-28-4)5-7-24(23)30-27(26)22-6-8-25-29-19(3)16-32(25)17-22/h5-8,15-18,20,28,30H,9-14H2,1-4H3. The van der Waals surface area contributed by atoms with Crippen LogP contribution in [0.3, 0.4) is 0 Å². The molecule has 1 aliphatic rings. The number of likely N-dealkylation sites (N-methyl/N-ethyl adjacent to an activating group) is 1. The molecule has 2 N–H and O–H groups in total. The van der Waals surface area contributed by atoms with Gasteiger partial charge in [-0.2, -0.15) is 0 Å². The second kappa shape index (κ2) is 8.72. The van der Waals surface area contributed by atoms with Gasteiger partial charge < -0.3 is 19.6 Å². The molecule has 0 bridgehead atoms. The van der Waals surface area contributed by atoms with Gasteiger partial charge in [0.15, 0.2) is 0 Å². The summed E-state index contributed by atoms with van der Waals surface area (Å²) in [4.78, 5) is 10.9. The lowest BCUT2D eigenvalue weighted by atomic mass is 9.87. The first kappa shape index (κ1) is 21.2. The van der Waals surface area contributed by atoms with Crippen molar-refractivity contribution in [1.29, 1.82) is 0 Å². The van der Waals surface area contributed by atoms with E-state index in [2.05, 4.69) is 81.2 Å². The summed E-state index contributed by atoms with van der Waals surface area (Å²) in [5.41, 5.74) is 8.65. The summed E-state index contributed by atoms with van der Waals surface area (Å²) in [5, 5.41) is 4.65. The van der Waals surface area contributed by atoms with Gasteiger partial charge in [0, 0.05) is 41.9 Å². The normalized spacial score (nSPS) is 16.0. The van der Waals surface area contributed by atoms with Gasteiger partial charge in [-0.15, -0.1) is 0 Å². The molecule has 5 nitrogen and oxygen atoms in total. The molecule has 1 fully saturated rings. The van der Waals surface area contributed by atoms with E-state index < -0.39 is 0 Å². The molecule has 0 saturated carbocycles. The third-order valence-corrected chi connectivity index (χ3v) is 7.04. The number of aromatic nitrogens is 3. The Kier molecular flexibility index (Phi) is 5.78. The molecule has 3 aromatic heterocycles. The quantitative estimate of drug-likeness (QED) is 0.436. The number of nitrogens with zero attached hydrogens (tertiary/aromatic N) is 3. The lowest BCUT2D eigenvalue weighted by Gasteiger charge is -2.32. The van der Waals surface area contributed by atoms with E-state index in [0.29, 0.717) is 11.8 Å². The number of aromatic amines is 1. The first-order chi connectivity index (χ1) is 15.5. The van der Waals surface area contributed by atoms with Gasteiger partial charge in [0.05, 0.1) is 11.4 Å². The van der Waals surface area contributed by atoms with Crippen LogP contribution < -0.4 is 5.32 Å². The van der Waals surface area contributed by atoms with Gasteiger partial charge in [0.25, 0.3) is 0 Å². The second-order valence-electron chi connectivity index (χ2n) is 9.66. The van der Waals surface area contributed by atoms with Gasteiger partial charge in [-0.05, 0) is 87.1 Å². The molecule has 32 heavy (non-hydrogen) atoms. The molecule has 5 heteroatoms. The third-order valence-electron chi connectivity index (χ3n) is 7.04. The van der Waals surface area contributed by atoms with Crippen LogP contribution in [0.2, 0.25) is 0 Å². The topological polar surface area (TPSA) is 48.4 Å².